The first-order valence-corrected chi connectivity index (χ1v) is 14.2. The number of carboxylic acid groups (broad SMARTS) is 1. The van der Waals surface area contributed by atoms with Crippen LogP contribution in [-0.2, 0) is 23.8 Å². The summed E-state index contributed by atoms with van der Waals surface area (Å²) in [5.74, 6) is -0.0905. The van der Waals surface area contributed by atoms with Gasteiger partial charge in [-0.05, 0) is 49.9 Å². The second-order valence-electron chi connectivity index (χ2n) is 12.8. The summed E-state index contributed by atoms with van der Waals surface area (Å²) in [6, 6.07) is 0. The number of carbonyl (C=O) groups is 2. The van der Waals surface area contributed by atoms with E-state index in [1.54, 1.807) is 7.11 Å². The highest BCUT2D eigenvalue weighted by molar-refractivity contribution is 5.91. The lowest BCUT2D eigenvalue weighted by Crippen LogP contribution is -2.66. The van der Waals surface area contributed by atoms with Gasteiger partial charge in [-0.1, -0.05) is 44.9 Å². The van der Waals surface area contributed by atoms with Crippen LogP contribution in [0.25, 0.3) is 0 Å². The zero-order chi connectivity index (χ0) is 26.8. The number of hydrogen-bond donors (Lipinski definition) is 1. The van der Waals surface area contributed by atoms with Crippen LogP contribution in [0.5, 0.6) is 0 Å². The number of aliphatic carboxylic acids is 1. The van der Waals surface area contributed by atoms with Gasteiger partial charge >= 0.3 is 5.97 Å². The summed E-state index contributed by atoms with van der Waals surface area (Å²) >= 11 is 0. The highest BCUT2D eigenvalue weighted by Crippen LogP contribution is 2.80. The first kappa shape index (κ1) is 27.0. The molecule has 0 aromatic carbocycles. The molecule has 1 aliphatic heterocycles. The van der Waals surface area contributed by atoms with Gasteiger partial charge in [0.25, 0.3) is 0 Å². The van der Waals surface area contributed by atoms with E-state index in [4.69, 9.17) is 14.2 Å². The molecule has 0 aromatic heterocycles. The van der Waals surface area contributed by atoms with Crippen molar-refractivity contribution in [3.8, 4) is 0 Å². The summed E-state index contributed by atoms with van der Waals surface area (Å²) in [5, 5.41) is 11.1. The normalized spacial score (nSPS) is 47.0. The van der Waals surface area contributed by atoms with Crippen molar-refractivity contribution in [1.29, 1.82) is 0 Å². The lowest BCUT2D eigenvalue weighted by molar-refractivity contribution is -0.218. The van der Waals surface area contributed by atoms with Crippen LogP contribution in [0.3, 0.4) is 0 Å². The number of methoxy groups -OCH3 is 1. The molecule has 1 N–H and O–H groups in total. The van der Waals surface area contributed by atoms with E-state index in [-0.39, 0.29) is 36.1 Å². The number of ether oxygens (including phenoxy) is 3. The topological polar surface area (TPSA) is 85.3 Å². The van der Waals surface area contributed by atoms with Crippen LogP contribution in [-0.4, -0.2) is 79.5 Å². The number of aldehydes is 1. The molecule has 5 aliphatic rings. The van der Waals surface area contributed by atoms with E-state index in [1.807, 2.05) is 13.0 Å². The SMILES string of the molecule is C=CCN1C[C@H](CO[C@@]23C[C@@H]4[C@H](C)CC[C@H]4[C@@]4(C=O)C[C@@H]2C=C(C(C)C)[C@@]34C(=O)O)O[C@H](C)[C@@H](OC)C1. The fourth-order valence-electron chi connectivity index (χ4n) is 9.49. The molecule has 3 saturated carbocycles. The van der Waals surface area contributed by atoms with E-state index in [1.165, 1.54) is 0 Å². The van der Waals surface area contributed by atoms with E-state index in [9.17, 15) is 14.7 Å². The van der Waals surface area contributed by atoms with Crippen LogP contribution >= 0.6 is 0 Å². The van der Waals surface area contributed by atoms with Crippen molar-refractivity contribution in [2.45, 2.75) is 77.3 Å². The molecule has 37 heavy (non-hydrogen) atoms. The first-order chi connectivity index (χ1) is 17.6. The standard InChI is InChI=1S/C30H45NO6/c1-7-10-31-14-22(37-20(5)26(15-31)35-6)16-36-29-13-23-19(4)8-9-24(23)28(17-32)12-21(29)11-25(18(2)3)30(28,29)27(33)34/h7,11,17-24,26H,1,8-10,12-16H2,2-6H3,(H,33,34)/t19-,20-,21+,22-,23-,24-,26+,28+,29+,30+/m1/s1. The van der Waals surface area contributed by atoms with Crippen molar-refractivity contribution < 1.29 is 28.9 Å². The molecule has 0 amide bonds. The second-order valence-corrected chi connectivity index (χ2v) is 12.8. The van der Waals surface area contributed by atoms with Gasteiger partial charge in [-0.3, -0.25) is 9.69 Å². The molecule has 206 valence electrons. The molecule has 0 radical (unpaired) electrons. The molecule has 5 rings (SSSR count). The lowest BCUT2D eigenvalue weighted by atomic mass is 9.45. The minimum atomic E-state index is -1.32. The Hall–Kier alpha value is -1.54. The van der Waals surface area contributed by atoms with Gasteiger partial charge in [0.2, 0.25) is 0 Å². The van der Waals surface area contributed by atoms with Gasteiger partial charge in [0, 0.05) is 32.7 Å². The predicted octanol–water partition coefficient (Wildman–Crippen LogP) is 3.97. The number of fused-ring (bicyclic) bond motifs is 2. The molecule has 4 fully saturated rings. The lowest BCUT2D eigenvalue weighted by Gasteiger charge is -2.58. The van der Waals surface area contributed by atoms with Gasteiger partial charge in [0.1, 0.15) is 11.7 Å². The molecule has 7 heteroatoms. The molecule has 7 nitrogen and oxygen atoms in total. The van der Waals surface area contributed by atoms with Crippen LogP contribution < -0.4 is 0 Å². The largest absolute Gasteiger partial charge is 0.480 e. The summed E-state index contributed by atoms with van der Waals surface area (Å²) in [6.45, 7) is 14.7. The minimum absolute atomic E-state index is 0.0266. The van der Waals surface area contributed by atoms with Gasteiger partial charge < -0.3 is 24.1 Å². The Morgan fingerprint density at radius 1 is 1.30 bits per heavy atom. The van der Waals surface area contributed by atoms with Crippen molar-refractivity contribution in [3.63, 3.8) is 0 Å². The number of hydrogen-bond acceptors (Lipinski definition) is 6. The molecule has 10 atom stereocenters. The molecule has 1 heterocycles. The van der Waals surface area contributed by atoms with Crippen molar-refractivity contribution in [2.75, 3.05) is 33.4 Å². The van der Waals surface area contributed by atoms with Gasteiger partial charge in [-0.15, -0.1) is 6.58 Å². The Morgan fingerprint density at radius 2 is 2.05 bits per heavy atom. The maximum Gasteiger partial charge on any atom is 0.317 e. The van der Waals surface area contributed by atoms with Crippen LogP contribution in [0.2, 0.25) is 0 Å². The average Bonchev–Trinajstić information content (AvgIpc) is 3.38. The fourth-order valence-corrected chi connectivity index (χ4v) is 9.49. The maximum atomic E-state index is 13.6. The van der Waals surface area contributed by atoms with E-state index in [0.717, 1.165) is 31.2 Å². The summed E-state index contributed by atoms with van der Waals surface area (Å²) in [5.41, 5.74) is -2.27. The summed E-state index contributed by atoms with van der Waals surface area (Å²) < 4.78 is 19.2. The van der Waals surface area contributed by atoms with Crippen LogP contribution in [0.1, 0.15) is 53.4 Å². The third-order valence-electron chi connectivity index (χ3n) is 10.9. The monoisotopic (exact) mass is 515 g/mol. The highest BCUT2D eigenvalue weighted by Gasteiger charge is 2.85. The molecule has 4 aliphatic carbocycles. The Labute approximate surface area is 221 Å². The molecule has 4 bridgehead atoms. The highest BCUT2D eigenvalue weighted by atomic mass is 16.6. The molecule has 0 aromatic rings. The smallest absolute Gasteiger partial charge is 0.317 e. The fraction of sp³-hybridized carbons (Fsp3) is 0.800. The van der Waals surface area contributed by atoms with Crippen molar-refractivity contribution in [1.82, 2.24) is 4.90 Å². The van der Waals surface area contributed by atoms with Gasteiger partial charge in [0.05, 0.1) is 35.9 Å². The van der Waals surface area contributed by atoms with E-state index in [0.29, 0.717) is 44.4 Å². The van der Waals surface area contributed by atoms with Crippen molar-refractivity contribution in [3.05, 3.63) is 24.3 Å². The number of nitrogens with zero attached hydrogens (tertiary/aromatic N) is 1. The zero-order valence-electron chi connectivity index (χ0n) is 23.2. The minimum Gasteiger partial charge on any atom is -0.480 e. The predicted molar refractivity (Wildman–Crippen MR) is 140 cm³/mol. The van der Waals surface area contributed by atoms with Crippen LogP contribution in [0, 0.1) is 40.4 Å². The zero-order valence-corrected chi connectivity index (χ0v) is 23.2. The summed E-state index contributed by atoms with van der Waals surface area (Å²) in [7, 11) is 1.71. The molecule has 0 unspecified atom stereocenters. The van der Waals surface area contributed by atoms with E-state index in [2.05, 4.69) is 38.3 Å². The molecule has 0 spiro atoms. The first-order valence-electron chi connectivity index (χ1n) is 14.2. The van der Waals surface area contributed by atoms with Crippen molar-refractivity contribution in [2.24, 2.45) is 40.4 Å². The Bertz CT molecular complexity index is 964. The van der Waals surface area contributed by atoms with Gasteiger partial charge in [0.15, 0.2) is 0 Å². The second kappa shape index (κ2) is 9.58. The molecule has 1 saturated heterocycles. The maximum absolute atomic E-state index is 13.6. The van der Waals surface area contributed by atoms with E-state index >= 15 is 0 Å². The number of carbonyl (C=O) groups excluding carboxylic acids is 1. The van der Waals surface area contributed by atoms with Gasteiger partial charge in [-0.25, -0.2) is 0 Å². The Kier molecular flexibility index (Phi) is 7.00. The summed E-state index contributed by atoms with van der Waals surface area (Å²) in [4.78, 5) is 29.0. The quantitative estimate of drug-likeness (QED) is 0.367. The van der Waals surface area contributed by atoms with Crippen molar-refractivity contribution >= 4 is 12.3 Å². The van der Waals surface area contributed by atoms with Crippen LogP contribution in [0.15, 0.2) is 24.3 Å². The molecular formula is C30H45NO6. The number of rotatable bonds is 9. The third kappa shape index (κ3) is 3.53. The average molecular weight is 516 g/mol. The Morgan fingerprint density at radius 3 is 2.68 bits per heavy atom. The third-order valence-corrected chi connectivity index (χ3v) is 10.9. The Balaban J connectivity index is 1.54. The van der Waals surface area contributed by atoms with E-state index < -0.39 is 22.4 Å². The number of carboxylic acids is 1. The molecular weight excluding hydrogens is 470 g/mol. The summed E-state index contributed by atoms with van der Waals surface area (Å²) in [6.07, 6.45) is 7.91. The van der Waals surface area contributed by atoms with Gasteiger partial charge in [-0.2, -0.15) is 0 Å². The van der Waals surface area contributed by atoms with Crippen LogP contribution in [0.4, 0.5) is 0 Å².